The monoisotopic (exact) mass is 293 g/mol. The Morgan fingerprint density at radius 1 is 1.15 bits per heavy atom. The lowest BCUT2D eigenvalue weighted by atomic mass is 10.3. The molecule has 0 unspecified atom stereocenters. The maximum Gasteiger partial charge on any atom is 0.411 e. The van der Waals surface area contributed by atoms with Crippen LogP contribution in [0.15, 0.2) is 41.1 Å². The highest BCUT2D eigenvalue weighted by Crippen LogP contribution is 2.33. The average molecular weight is 293 g/mol. The van der Waals surface area contributed by atoms with Crippen LogP contribution in [0.4, 0.5) is 10.5 Å². The maximum atomic E-state index is 10.6. The van der Waals surface area contributed by atoms with Gasteiger partial charge in [0.15, 0.2) is 11.5 Å². The number of thiophene rings is 1. The molecule has 20 heavy (non-hydrogen) atoms. The molecule has 2 heterocycles. The summed E-state index contributed by atoms with van der Waals surface area (Å²) >= 11 is 1.61. The van der Waals surface area contributed by atoms with Gasteiger partial charge in [0.1, 0.15) is 13.2 Å². The van der Waals surface area contributed by atoms with Crippen molar-refractivity contribution in [2.75, 3.05) is 25.6 Å². The molecule has 6 heteroatoms. The summed E-state index contributed by atoms with van der Waals surface area (Å²) in [4.78, 5) is 10.6. The largest absolute Gasteiger partial charge is 0.485 e. The van der Waals surface area contributed by atoms with E-state index in [1.807, 2.05) is 29.0 Å². The molecule has 1 aliphatic rings. The summed E-state index contributed by atoms with van der Waals surface area (Å²) in [6.07, 6.45) is -0.448. The van der Waals surface area contributed by atoms with Crippen molar-refractivity contribution in [2.24, 2.45) is 0 Å². The predicted molar refractivity (Wildman–Crippen MR) is 77.8 cm³/mol. The summed E-state index contributed by atoms with van der Waals surface area (Å²) in [7, 11) is 1.33. The van der Waals surface area contributed by atoms with E-state index in [0.29, 0.717) is 13.2 Å². The van der Waals surface area contributed by atoms with E-state index in [0.717, 1.165) is 17.2 Å². The lowest BCUT2D eigenvalue weighted by molar-refractivity contribution is 0.173. The number of benzene rings is 1. The smallest absolute Gasteiger partial charge is 0.411 e. The van der Waals surface area contributed by atoms with Crippen molar-refractivity contribution in [1.29, 1.82) is 0 Å². The van der Waals surface area contributed by atoms with Crippen LogP contribution in [-0.4, -0.2) is 26.4 Å². The van der Waals surface area contributed by atoms with Gasteiger partial charge in [-0.1, -0.05) is 18.2 Å². The highest BCUT2D eigenvalue weighted by molar-refractivity contribution is 7.08. The molecule has 2 aromatic rings. The van der Waals surface area contributed by atoms with E-state index in [9.17, 15) is 4.79 Å². The summed E-state index contributed by atoms with van der Waals surface area (Å²) in [6, 6.07) is 9.13. The molecule has 0 spiro atoms. The van der Waals surface area contributed by atoms with Crippen LogP contribution in [0.25, 0.3) is 0 Å². The first-order valence-electron chi connectivity index (χ1n) is 6.01. The molecular weight excluding hydrogens is 278 g/mol. The number of hydrogen-bond donors (Lipinski definition) is 1. The third-order valence-electron chi connectivity index (χ3n) is 2.40. The van der Waals surface area contributed by atoms with Gasteiger partial charge in [-0.15, -0.1) is 11.3 Å². The standard InChI is InChI=1S/C8H9NO2.C6H6O2S/c1-11-8(10)9-7-5-3-2-4-6-7;1-2-8-6-4-9-3-5(6)7-1/h2-6H,1H3,(H,9,10);3-4H,1-2H2. The summed E-state index contributed by atoms with van der Waals surface area (Å²) in [5, 5.41) is 6.44. The van der Waals surface area contributed by atoms with Crippen LogP contribution >= 0.6 is 11.3 Å². The van der Waals surface area contributed by atoms with Crippen LogP contribution in [0.2, 0.25) is 0 Å². The van der Waals surface area contributed by atoms with Gasteiger partial charge in [-0.05, 0) is 12.1 Å². The van der Waals surface area contributed by atoms with Crippen LogP contribution < -0.4 is 14.8 Å². The Morgan fingerprint density at radius 2 is 1.75 bits per heavy atom. The lowest BCUT2D eigenvalue weighted by Gasteiger charge is -2.13. The molecule has 3 rings (SSSR count). The Labute approximate surface area is 121 Å². The second-order valence-electron chi connectivity index (χ2n) is 3.78. The third-order valence-corrected chi connectivity index (χ3v) is 3.10. The highest BCUT2D eigenvalue weighted by atomic mass is 32.1. The number of methoxy groups -OCH3 is 1. The zero-order chi connectivity index (χ0) is 14.2. The van der Waals surface area contributed by atoms with Crippen LogP contribution in [0.1, 0.15) is 0 Å². The van der Waals surface area contributed by atoms with Crippen molar-refractivity contribution in [1.82, 2.24) is 0 Å². The van der Waals surface area contributed by atoms with E-state index in [4.69, 9.17) is 9.47 Å². The lowest BCUT2D eigenvalue weighted by Crippen LogP contribution is -2.13. The first-order chi connectivity index (χ1) is 9.79. The van der Waals surface area contributed by atoms with Crippen LogP contribution in [-0.2, 0) is 4.74 Å². The molecule has 0 saturated carbocycles. The van der Waals surface area contributed by atoms with Gasteiger partial charge >= 0.3 is 6.09 Å². The van der Waals surface area contributed by atoms with E-state index in [1.54, 1.807) is 23.5 Å². The molecule has 1 aromatic carbocycles. The van der Waals surface area contributed by atoms with Gasteiger partial charge in [-0.3, -0.25) is 5.32 Å². The summed E-state index contributed by atoms with van der Waals surface area (Å²) < 4.78 is 14.9. The number of ether oxygens (including phenoxy) is 3. The number of nitrogens with one attached hydrogen (secondary N) is 1. The molecule has 1 aliphatic heterocycles. The maximum absolute atomic E-state index is 10.6. The molecule has 0 fully saturated rings. The molecule has 5 nitrogen and oxygen atoms in total. The van der Waals surface area contributed by atoms with Gasteiger partial charge in [0, 0.05) is 16.4 Å². The van der Waals surface area contributed by atoms with Gasteiger partial charge in [0.25, 0.3) is 0 Å². The van der Waals surface area contributed by atoms with Crippen molar-refractivity contribution in [3.05, 3.63) is 41.1 Å². The van der Waals surface area contributed by atoms with E-state index < -0.39 is 6.09 Å². The fourth-order valence-electron chi connectivity index (χ4n) is 1.48. The number of anilines is 1. The van der Waals surface area contributed by atoms with E-state index in [1.165, 1.54) is 7.11 Å². The number of amides is 1. The minimum absolute atomic E-state index is 0.448. The topological polar surface area (TPSA) is 56.8 Å². The molecule has 1 amide bonds. The predicted octanol–water partition coefficient (Wildman–Crippen LogP) is 3.38. The van der Waals surface area contributed by atoms with Crippen LogP contribution in [0, 0.1) is 0 Å². The van der Waals surface area contributed by atoms with E-state index in [-0.39, 0.29) is 0 Å². The first kappa shape index (κ1) is 14.2. The Bertz CT molecular complexity index is 521. The van der Waals surface area contributed by atoms with Gasteiger partial charge in [-0.2, -0.15) is 0 Å². The van der Waals surface area contributed by atoms with Crippen molar-refractivity contribution in [3.8, 4) is 11.5 Å². The summed E-state index contributed by atoms with van der Waals surface area (Å²) in [5.74, 6) is 1.79. The summed E-state index contributed by atoms with van der Waals surface area (Å²) in [5.41, 5.74) is 0.736. The average Bonchev–Trinajstić information content (AvgIpc) is 2.97. The Hall–Kier alpha value is -2.21. The minimum atomic E-state index is -0.448. The van der Waals surface area contributed by atoms with Crippen molar-refractivity contribution < 1.29 is 19.0 Å². The number of fused-ring (bicyclic) bond motifs is 1. The number of para-hydroxylation sites is 1. The molecule has 0 saturated heterocycles. The van der Waals surface area contributed by atoms with Gasteiger partial charge in [-0.25, -0.2) is 4.79 Å². The Balaban J connectivity index is 0.000000149. The molecule has 0 aliphatic carbocycles. The minimum Gasteiger partial charge on any atom is -0.485 e. The van der Waals surface area contributed by atoms with Gasteiger partial charge in [0.05, 0.1) is 7.11 Å². The molecular formula is C14H15NO4S. The van der Waals surface area contributed by atoms with Crippen LogP contribution in [0.3, 0.4) is 0 Å². The molecule has 1 N–H and O–H groups in total. The number of rotatable bonds is 1. The van der Waals surface area contributed by atoms with Gasteiger partial charge < -0.3 is 14.2 Å². The Morgan fingerprint density at radius 3 is 2.30 bits per heavy atom. The second-order valence-corrected chi connectivity index (χ2v) is 4.52. The molecule has 106 valence electrons. The number of carbonyl (C=O) groups is 1. The molecule has 0 bridgehead atoms. The molecule has 0 radical (unpaired) electrons. The third kappa shape index (κ3) is 4.17. The first-order valence-corrected chi connectivity index (χ1v) is 6.95. The van der Waals surface area contributed by atoms with Crippen molar-refractivity contribution in [2.45, 2.75) is 0 Å². The van der Waals surface area contributed by atoms with Crippen molar-refractivity contribution >= 4 is 23.1 Å². The quantitative estimate of drug-likeness (QED) is 0.875. The van der Waals surface area contributed by atoms with E-state index >= 15 is 0 Å². The fourth-order valence-corrected chi connectivity index (χ4v) is 2.16. The zero-order valence-corrected chi connectivity index (χ0v) is 11.8. The Kier molecular flexibility index (Phi) is 5.25. The summed E-state index contributed by atoms with van der Waals surface area (Å²) in [6.45, 7) is 1.37. The number of carbonyl (C=O) groups excluding carboxylic acids is 1. The highest BCUT2D eigenvalue weighted by Gasteiger charge is 2.10. The second kappa shape index (κ2) is 7.40. The number of hydrogen-bond acceptors (Lipinski definition) is 5. The van der Waals surface area contributed by atoms with E-state index in [2.05, 4.69) is 10.1 Å². The fraction of sp³-hybridized carbons (Fsp3) is 0.214. The zero-order valence-electron chi connectivity index (χ0n) is 11.0. The van der Waals surface area contributed by atoms with Gasteiger partial charge in [0.2, 0.25) is 0 Å². The normalized spacial score (nSPS) is 11.8. The SMILES string of the molecule is COC(=O)Nc1ccccc1.c1scc2c1OCCO2. The van der Waals surface area contributed by atoms with Crippen molar-refractivity contribution in [3.63, 3.8) is 0 Å². The van der Waals surface area contributed by atoms with Crippen LogP contribution in [0.5, 0.6) is 11.5 Å². The molecule has 1 aromatic heterocycles. The molecule has 0 atom stereocenters.